The van der Waals surface area contributed by atoms with Gasteiger partial charge in [-0.2, -0.15) is 5.10 Å². The van der Waals surface area contributed by atoms with E-state index in [0.717, 1.165) is 53.5 Å². The number of hydrogen-bond donors (Lipinski definition) is 1. The van der Waals surface area contributed by atoms with Gasteiger partial charge in [-0.1, -0.05) is 18.2 Å². The van der Waals surface area contributed by atoms with Crippen molar-refractivity contribution in [3.05, 3.63) is 71.2 Å². The Morgan fingerprint density at radius 3 is 2.57 bits per heavy atom. The summed E-state index contributed by atoms with van der Waals surface area (Å²) < 4.78 is 1.94. The molecule has 1 aromatic carbocycles. The van der Waals surface area contributed by atoms with Crippen LogP contribution >= 0.6 is 0 Å². The number of pyridine rings is 1. The average Bonchev–Trinajstić information content (AvgIpc) is 3.41. The monoisotopic (exact) mass is 403 g/mol. The predicted octanol–water partition coefficient (Wildman–Crippen LogP) is 3.73. The minimum absolute atomic E-state index is 0.0637. The molecule has 30 heavy (non-hydrogen) atoms. The maximum atomic E-state index is 12.4. The van der Waals surface area contributed by atoms with E-state index in [2.05, 4.69) is 63.6 Å². The molecule has 1 saturated heterocycles. The summed E-state index contributed by atoms with van der Waals surface area (Å²) >= 11 is 0. The van der Waals surface area contributed by atoms with Crippen LogP contribution in [0.5, 0.6) is 0 Å². The number of benzene rings is 1. The van der Waals surface area contributed by atoms with Crippen LogP contribution in [0.2, 0.25) is 0 Å². The quantitative estimate of drug-likeness (QED) is 0.653. The van der Waals surface area contributed by atoms with Gasteiger partial charge in [0.1, 0.15) is 5.82 Å². The zero-order chi connectivity index (χ0) is 20.9. The summed E-state index contributed by atoms with van der Waals surface area (Å²) in [6.45, 7) is 6.66. The largest absolute Gasteiger partial charge is 0.356 e. The summed E-state index contributed by atoms with van der Waals surface area (Å²) in [5.74, 6) is 1.07. The molecule has 156 valence electrons. The molecule has 0 radical (unpaired) electrons. The van der Waals surface area contributed by atoms with Crippen LogP contribution in [0.4, 0.5) is 5.82 Å². The molecular formula is C24H29N5O. The van der Waals surface area contributed by atoms with Crippen LogP contribution in [0.25, 0.3) is 5.69 Å². The van der Waals surface area contributed by atoms with Crippen LogP contribution in [-0.4, -0.2) is 33.8 Å². The van der Waals surface area contributed by atoms with Gasteiger partial charge in [-0.25, -0.2) is 9.67 Å². The van der Waals surface area contributed by atoms with Crippen molar-refractivity contribution in [3.63, 3.8) is 0 Å². The second kappa shape index (κ2) is 9.11. The minimum atomic E-state index is 0.0637. The van der Waals surface area contributed by atoms with Gasteiger partial charge in [0.15, 0.2) is 0 Å². The van der Waals surface area contributed by atoms with Crippen LogP contribution in [0.1, 0.15) is 41.8 Å². The Morgan fingerprint density at radius 1 is 1.10 bits per heavy atom. The topological polar surface area (TPSA) is 63.1 Å². The first-order valence-electron chi connectivity index (χ1n) is 10.7. The molecule has 1 aliphatic rings. The number of nitrogens with one attached hydrogen (secondary N) is 1. The molecule has 1 fully saturated rings. The van der Waals surface area contributed by atoms with Crippen molar-refractivity contribution in [2.24, 2.45) is 0 Å². The fourth-order valence-electron chi connectivity index (χ4n) is 4.02. The molecule has 1 N–H and O–H groups in total. The Morgan fingerprint density at radius 2 is 1.87 bits per heavy atom. The molecule has 3 heterocycles. The van der Waals surface area contributed by atoms with Crippen LogP contribution < -0.4 is 10.2 Å². The summed E-state index contributed by atoms with van der Waals surface area (Å²) in [6, 6.07) is 14.3. The number of carbonyl (C=O) groups is 1. The Hall–Kier alpha value is -3.15. The summed E-state index contributed by atoms with van der Waals surface area (Å²) in [4.78, 5) is 19.3. The SMILES string of the molecule is Cc1cc(C)n(-c2ccc(CCC(=O)NCc3cccnc3N3CCCC3)cc2)n1. The smallest absolute Gasteiger partial charge is 0.220 e. The van der Waals surface area contributed by atoms with E-state index in [1.54, 1.807) is 0 Å². The second-order valence-corrected chi connectivity index (χ2v) is 7.96. The normalized spacial score (nSPS) is 13.6. The number of anilines is 1. The van der Waals surface area contributed by atoms with Gasteiger partial charge < -0.3 is 10.2 Å². The highest BCUT2D eigenvalue weighted by Crippen LogP contribution is 2.21. The highest BCUT2D eigenvalue weighted by atomic mass is 16.1. The van der Waals surface area contributed by atoms with E-state index in [1.807, 2.05) is 23.9 Å². The summed E-state index contributed by atoms with van der Waals surface area (Å²) in [7, 11) is 0. The number of amides is 1. The summed E-state index contributed by atoms with van der Waals surface area (Å²) in [5, 5.41) is 7.58. The van der Waals surface area contributed by atoms with Gasteiger partial charge in [0.25, 0.3) is 0 Å². The van der Waals surface area contributed by atoms with Crippen molar-refractivity contribution in [1.29, 1.82) is 0 Å². The van der Waals surface area contributed by atoms with Crippen molar-refractivity contribution >= 4 is 11.7 Å². The van der Waals surface area contributed by atoms with E-state index in [4.69, 9.17) is 0 Å². The van der Waals surface area contributed by atoms with Gasteiger partial charge in [0.2, 0.25) is 5.91 Å². The molecule has 2 aromatic heterocycles. The van der Waals surface area contributed by atoms with Crippen molar-refractivity contribution in [2.75, 3.05) is 18.0 Å². The number of hydrogen-bond acceptors (Lipinski definition) is 4. The lowest BCUT2D eigenvalue weighted by molar-refractivity contribution is -0.121. The number of rotatable bonds is 7. The third kappa shape index (κ3) is 4.70. The highest BCUT2D eigenvalue weighted by molar-refractivity contribution is 5.76. The Bertz CT molecular complexity index is 1000. The molecule has 6 nitrogen and oxygen atoms in total. The number of aromatic nitrogens is 3. The zero-order valence-corrected chi connectivity index (χ0v) is 17.8. The van der Waals surface area contributed by atoms with Gasteiger partial charge >= 0.3 is 0 Å². The van der Waals surface area contributed by atoms with Gasteiger partial charge in [-0.3, -0.25) is 4.79 Å². The van der Waals surface area contributed by atoms with Crippen LogP contribution in [-0.2, 0) is 17.8 Å². The van der Waals surface area contributed by atoms with Crippen molar-refractivity contribution in [3.8, 4) is 5.69 Å². The summed E-state index contributed by atoms with van der Waals surface area (Å²) in [6.07, 6.45) is 5.43. The highest BCUT2D eigenvalue weighted by Gasteiger charge is 2.17. The third-order valence-electron chi connectivity index (χ3n) is 5.58. The lowest BCUT2D eigenvalue weighted by Crippen LogP contribution is -2.26. The molecular weight excluding hydrogens is 374 g/mol. The number of nitrogens with zero attached hydrogens (tertiary/aromatic N) is 4. The molecule has 4 rings (SSSR count). The Balaban J connectivity index is 1.30. The van der Waals surface area contributed by atoms with Crippen LogP contribution in [0, 0.1) is 13.8 Å². The molecule has 0 atom stereocenters. The molecule has 3 aromatic rings. The van der Waals surface area contributed by atoms with Gasteiger partial charge in [0, 0.05) is 43.5 Å². The summed E-state index contributed by atoms with van der Waals surface area (Å²) in [5.41, 5.74) is 5.40. The molecule has 0 unspecified atom stereocenters. The fourth-order valence-corrected chi connectivity index (χ4v) is 4.02. The number of aryl methyl sites for hydroxylation is 3. The van der Waals surface area contributed by atoms with Gasteiger partial charge in [-0.05, 0) is 62.9 Å². The second-order valence-electron chi connectivity index (χ2n) is 7.96. The molecule has 6 heteroatoms. The first-order valence-corrected chi connectivity index (χ1v) is 10.7. The molecule has 0 aliphatic carbocycles. The van der Waals surface area contributed by atoms with E-state index >= 15 is 0 Å². The zero-order valence-electron chi connectivity index (χ0n) is 17.8. The van der Waals surface area contributed by atoms with Crippen molar-refractivity contribution < 1.29 is 4.79 Å². The molecule has 0 bridgehead atoms. The lowest BCUT2D eigenvalue weighted by Gasteiger charge is -2.20. The minimum Gasteiger partial charge on any atom is -0.356 e. The van der Waals surface area contributed by atoms with E-state index in [0.29, 0.717) is 13.0 Å². The maximum absolute atomic E-state index is 12.4. The Kier molecular flexibility index (Phi) is 6.12. The number of carbonyl (C=O) groups excluding carboxylic acids is 1. The fraction of sp³-hybridized carbons (Fsp3) is 0.375. The van der Waals surface area contributed by atoms with E-state index < -0.39 is 0 Å². The Labute approximate surface area is 177 Å². The van der Waals surface area contributed by atoms with Gasteiger partial charge in [-0.15, -0.1) is 0 Å². The van der Waals surface area contributed by atoms with Crippen LogP contribution in [0.3, 0.4) is 0 Å². The van der Waals surface area contributed by atoms with Crippen molar-refractivity contribution in [2.45, 2.75) is 46.1 Å². The van der Waals surface area contributed by atoms with Crippen molar-refractivity contribution in [1.82, 2.24) is 20.1 Å². The van der Waals surface area contributed by atoms with E-state index in [1.165, 1.54) is 12.8 Å². The van der Waals surface area contributed by atoms with E-state index in [9.17, 15) is 4.79 Å². The third-order valence-corrected chi connectivity index (χ3v) is 5.58. The molecule has 0 saturated carbocycles. The van der Waals surface area contributed by atoms with Crippen LogP contribution in [0.15, 0.2) is 48.7 Å². The lowest BCUT2D eigenvalue weighted by atomic mass is 10.1. The standard InChI is InChI=1S/C24H29N5O/c1-18-16-19(2)29(27-18)22-10-7-20(8-11-22)9-12-23(30)26-17-21-6-5-13-25-24(21)28-14-3-4-15-28/h5-8,10-11,13,16H,3-4,9,12,14-15,17H2,1-2H3,(H,26,30). The molecule has 0 spiro atoms. The van der Waals surface area contributed by atoms with E-state index in [-0.39, 0.29) is 5.91 Å². The first kappa shape index (κ1) is 20.1. The first-order chi connectivity index (χ1) is 14.6. The molecule has 1 amide bonds. The van der Waals surface area contributed by atoms with Gasteiger partial charge in [0.05, 0.1) is 11.4 Å². The predicted molar refractivity (Wildman–Crippen MR) is 119 cm³/mol. The average molecular weight is 404 g/mol. The molecule has 1 aliphatic heterocycles. The maximum Gasteiger partial charge on any atom is 0.220 e.